The van der Waals surface area contributed by atoms with Gasteiger partial charge in [0.25, 0.3) is 0 Å². The molecule has 0 bridgehead atoms. The molecule has 2 aromatic carbocycles. The van der Waals surface area contributed by atoms with Crippen LogP contribution >= 0.6 is 0 Å². The summed E-state index contributed by atoms with van der Waals surface area (Å²) in [6.45, 7) is 5.93. The minimum Gasteiger partial charge on any atom is -0.300 e. The van der Waals surface area contributed by atoms with Gasteiger partial charge >= 0.3 is 0 Å². The van der Waals surface area contributed by atoms with Gasteiger partial charge in [-0.15, -0.1) is 0 Å². The normalized spacial score (nSPS) is 12.2. The quantitative estimate of drug-likeness (QED) is 0.789. The highest BCUT2D eigenvalue weighted by atomic mass is 16.1. The number of rotatable bonds is 5. The maximum Gasteiger partial charge on any atom is 0.133 e. The number of carbonyl (C=O) groups is 1. The average molecular weight is 266 g/mol. The molecular formula is C19H22O. The highest BCUT2D eigenvalue weighted by Crippen LogP contribution is 2.19. The van der Waals surface area contributed by atoms with E-state index in [9.17, 15) is 4.79 Å². The zero-order valence-electron chi connectivity index (χ0n) is 12.5. The minimum absolute atomic E-state index is 0.0675. The summed E-state index contributed by atoms with van der Waals surface area (Å²) in [5.41, 5.74) is 5.06. The molecule has 1 atom stereocenters. The first-order valence-corrected chi connectivity index (χ1v) is 7.17. The van der Waals surface area contributed by atoms with E-state index in [4.69, 9.17) is 0 Å². The second kappa shape index (κ2) is 6.51. The average Bonchev–Trinajstić information content (AvgIpc) is 2.43. The standard InChI is InChI=1S/C19H22O/c1-14-9-10-15(2)18(11-14)13-19(16(3)20)12-17-7-5-4-6-8-17/h4-11,19H,12-13H2,1-3H3. The molecule has 2 aromatic rings. The number of aryl methyl sites for hydroxylation is 2. The van der Waals surface area contributed by atoms with Crippen LogP contribution in [-0.4, -0.2) is 5.78 Å². The van der Waals surface area contributed by atoms with E-state index in [0.29, 0.717) is 0 Å². The fourth-order valence-corrected chi connectivity index (χ4v) is 2.54. The van der Waals surface area contributed by atoms with E-state index in [1.807, 2.05) is 18.2 Å². The van der Waals surface area contributed by atoms with Crippen LogP contribution in [0.15, 0.2) is 48.5 Å². The summed E-state index contributed by atoms with van der Waals surface area (Å²) in [5.74, 6) is 0.340. The van der Waals surface area contributed by atoms with Crippen LogP contribution in [0.2, 0.25) is 0 Å². The molecule has 0 radical (unpaired) electrons. The van der Waals surface area contributed by atoms with Crippen molar-refractivity contribution < 1.29 is 4.79 Å². The van der Waals surface area contributed by atoms with Crippen LogP contribution in [0.1, 0.15) is 29.2 Å². The van der Waals surface area contributed by atoms with E-state index in [1.165, 1.54) is 22.3 Å². The van der Waals surface area contributed by atoms with Crippen LogP contribution in [0.4, 0.5) is 0 Å². The Morgan fingerprint density at radius 1 is 1.00 bits per heavy atom. The van der Waals surface area contributed by atoms with Crippen molar-refractivity contribution in [3.63, 3.8) is 0 Å². The lowest BCUT2D eigenvalue weighted by molar-refractivity contribution is -0.120. The Morgan fingerprint density at radius 3 is 2.35 bits per heavy atom. The van der Waals surface area contributed by atoms with E-state index in [-0.39, 0.29) is 11.7 Å². The van der Waals surface area contributed by atoms with Gasteiger partial charge in [-0.05, 0) is 50.3 Å². The predicted octanol–water partition coefficient (Wildman–Crippen LogP) is 4.29. The molecule has 1 nitrogen and oxygen atoms in total. The number of ketones is 1. The topological polar surface area (TPSA) is 17.1 Å². The Kier molecular flexibility index (Phi) is 4.73. The summed E-state index contributed by atoms with van der Waals surface area (Å²) in [6, 6.07) is 16.7. The lowest BCUT2D eigenvalue weighted by Gasteiger charge is -2.16. The molecule has 0 saturated heterocycles. The van der Waals surface area contributed by atoms with Gasteiger partial charge in [0.2, 0.25) is 0 Å². The highest BCUT2D eigenvalue weighted by molar-refractivity contribution is 5.79. The summed E-state index contributed by atoms with van der Waals surface area (Å²) >= 11 is 0. The number of carbonyl (C=O) groups excluding carboxylic acids is 1. The Labute approximate surface area is 121 Å². The van der Waals surface area contributed by atoms with Gasteiger partial charge < -0.3 is 0 Å². The predicted molar refractivity (Wildman–Crippen MR) is 83.9 cm³/mol. The van der Waals surface area contributed by atoms with E-state index in [2.05, 4.69) is 44.2 Å². The summed E-state index contributed by atoms with van der Waals surface area (Å²) in [5, 5.41) is 0. The first kappa shape index (κ1) is 14.5. The second-order valence-electron chi connectivity index (χ2n) is 5.63. The number of Topliss-reactive ketones (excluding diaryl/α,β-unsaturated/α-hetero) is 1. The zero-order valence-corrected chi connectivity index (χ0v) is 12.5. The molecule has 0 amide bonds. The molecule has 0 saturated carbocycles. The van der Waals surface area contributed by atoms with Crippen LogP contribution in [-0.2, 0) is 17.6 Å². The van der Waals surface area contributed by atoms with E-state index in [1.54, 1.807) is 6.92 Å². The molecule has 0 aliphatic heterocycles. The summed E-state index contributed by atoms with van der Waals surface area (Å²) in [7, 11) is 0. The second-order valence-corrected chi connectivity index (χ2v) is 5.63. The molecule has 0 aromatic heterocycles. The van der Waals surface area contributed by atoms with E-state index >= 15 is 0 Å². The molecule has 20 heavy (non-hydrogen) atoms. The number of benzene rings is 2. The molecule has 1 unspecified atom stereocenters. The van der Waals surface area contributed by atoms with Crippen LogP contribution in [0.25, 0.3) is 0 Å². The molecule has 104 valence electrons. The Morgan fingerprint density at radius 2 is 1.70 bits per heavy atom. The van der Waals surface area contributed by atoms with Gasteiger partial charge in [0.05, 0.1) is 0 Å². The molecule has 0 N–H and O–H groups in total. The SMILES string of the molecule is CC(=O)C(Cc1ccccc1)Cc1cc(C)ccc1C. The van der Waals surface area contributed by atoms with Gasteiger partial charge in [0, 0.05) is 5.92 Å². The number of hydrogen-bond acceptors (Lipinski definition) is 1. The summed E-state index contributed by atoms with van der Waals surface area (Å²) < 4.78 is 0. The van der Waals surface area contributed by atoms with Crippen molar-refractivity contribution in [1.29, 1.82) is 0 Å². The first-order valence-electron chi connectivity index (χ1n) is 7.17. The lowest BCUT2D eigenvalue weighted by Crippen LogP contribution is -2.17. The molecule has 2 rings (SSSR count). The van der Waals surface area contributed by atoms with Gasteiger partial charge in [-0.25, -0.2) is 0 Å². The largest absolute Gasteiger partial charge is 0.300 e. The Hall–Kier alpha value is -1.89. The van der Waals surface area contributed by atoms with Gasteiger partial charge in [-0.3, -0.25) is 4.79 Å². The third-order valence-electron chi connectivity index (χ3n) is 3.87. The molecule has 0 fully saturated rings. The minimum atomic E-state index is 0.0675. The van der Waals surface area contributed by atoms with Crippen LogP contribution < -0.4 is 0 Å². The monoisotopic (exact) mass is 266 g/mol. The van der Waals surface area contributed by atoms with Crippen molar-refractivity contribution in [2.24, 2.45) is 5.92 Å². The van der Waals surface area contributed by atoms with Crippen LogP contribution in [0, 0.1) is 19.8 Å². The van der Waals surface area contributed by atoms with Crippen molar-refractivity contribution in [1.82, 2.24) is 0 Å². The van der Waals surface area contributed by atoms with Crippen molar-refractivity contribution in [2.75, 3.05) is 0 Å². The molecule has 0 heterocycles. The number of hydrogen-bond donors (Lipinski definition) is 0. The van der Waals surface area contributed by atoms with Gasteiger partial charge in [-0.1, -0.05) is 54.1 Å². The lowest BCUT2D eigenvalue weighted by atomic mass is 9.88. The van der Waals surface area contributed by atoms with Gasteiger partial charge in [-0.2, -0.15) is 0 Å². The Bertz CT molecular complexity index is 584. The molecular weight excluding hydrogens is 244 g/mol. The van der Waals surface area contributed by atoms with E-state index in [0.717, 1.165) is 12.8 Å². The van der Waals surface area contributed by atoms with Crippen molar-refractivity contribution in [3.05, 3.63) is 70.8 Å². The van der Waals surface area contributed by atoms with Crippen LogP contribution in [0.5, 0.6) is 0 Å². The van der Waals surface area contributed by atoms with Gasteiger partial charge in [0.15, 0.2) is 0 Å². The molecule has 0 aliphatic carbocycles. The smallest absolute Gasteiger partial charge is 0.133 e. The third kappa shape index (κ3) is 3.80. The maximum atomic E-state index is 11.9. The summed E-state index contributed by atoms with van der Waals surface area (Å²) in [6.07, 6.45) is 1.65. The van der Waals surface area contributed by atoms with Crippen molar-refractivity contribution in [2.45, 2.75) is 33.6 Å². The highest BCUT2D eigenvalue weighted by Gasteiger charge is 2.16. The molecule has 1 heteroatoms. The Balaban J connectivity index is 2.18. The van der Waals surface area contributed by atoms with Crippen molar-refractivity contribution in [3.8, 4) is 0 Å². The van der Waals surface area contributed by atoms with E-state index < -0.39 is 0 Å². The third-order valence-corrected chi connectivity index (χ3v) is 3.87. The fraction of sp³-hybridized carbons (Fsp3) is 0.316. The summed E-state index contributed by atoms with van der Waals surface area (Å²) in [4.78, 5) is 11.9. The first-order chi connectivity index (χ1) is 9.56. The molecule has 0 aliphatic rings. The van der Waals surface area contributed by atoms with Crippen LogP contribution in [0.3, 0.4) is 0 Å². The fourth-order valence-electron chi connectivity index (χ4n) is 2.54. The maximum absolute atomic E-state index is 11.9. The zero-order chi connectivity index (χ0) is 14.5. The molecule has 0 spiro atoms. The van der Waals surface area contributed by atoms with Crippen molar-refractivity contribution >= 4 is 5.78 Å². The van der Waals surface area contributed by atoms with Gasteiger partial charge in [0.1, 0.15) is 5.78 Å².